The third-order valence-corrected chi connectivity index (χ3v) is 6.45. The number of benzene rings is 1. The van der Waals surface area contributed by atoms with Gasteiger partial charge in [0, 0.05) is 31.5 Å². The van der Waals surface area contributed by atoms with Crippen LogP contribution >= 0.6 is 0 Å². The summed E-state index contributed by atoms with van der Waals surface area (Å²) in [6, 6.07) is 6.95. The zero-order valence-corrected chi connectivity index (χ0v) is 15.0. The predicted octanol–water partition coefficient (Wildman–Crippen LogP) is 3.65. The molecule has 2 unspecified atom stereocenters. The van der Waals surface area contributed by atoms with E-state index in [4.69, 9.17) is 0 Å². The van der Waals surface area contributed by atoms with E-state index in [1.54, 1.807) is 12.1 Å². The van der Waals surface area contributed by atoms with Gasteiger partial charge >= 0.3 is 0 Å². The molecule has 25 heavy (non-hydrogen) atoms. The van der Waals surface area contributed by atoms with E-state index in [1.165, 1.54) is 44.3 Å². The Hall–Kier alpha value is -1.42. The molecule has 0 radical (unpaired) electrons. The molecule has 1 aliphatic carbocycles. The summed E-state index contributed by atoms with van der Waals surface area (Å²) in [5.41, 5.74) is 1.19. The van der Waals surface area contributed by atoms with Crippen LogP contribution in [0.15, 0.2) is 24.3 Å². The zero-order chi connectivity index (χ0) is 17.2. The second kappa shape index (κ2) is 7.45. The summed E-state index contributed by atoms with van der Waals surface area (Å²) in [4.78, 5) is 17.6. The molecule has 1 aromatic carbocycles. The second-order valence-electron chi connectivity index (χ2n) is 8.15. The summed E-state index contributed by atoms with van der Waals surface area (Å²) in [6.07, 6.45) is 7.10. The van der Waals surface area contributed by atoms with E-state index in [-0.39, 0.29) is 11.7 Å². The lowest BCUT2D eigenvalue weighted by molar-refractivity contribution is -0.134. The molecule has 1 saturated carbocycles. The van der Waals surface area contributed by atoms with Crippen LogP contribution < -0.4 is 0 Å². The molecule has 3 fully saturated rings. The first-order valence-corrected chi connectivity index (χ1v) is 9.97. The molecular formula is C21H29FN2O. The molecule has 3 nitrogen and oxygen atoms in total. The Morgan fingerprint density at radius 2 is 1.68 bits per heavy atom. The standard InChI is InChI=1S/C21H29FN2O/c22-19-9-7-16(8-10-19)20-15-24(21(25)17-5-1-2-6-17)14-18(20)13-23-11-3-4-12-23/h7-10,17-18,20H,1-6,11-15H2. The molecule has 0 spiro atoms. The van der Waals surface area contributed by atoms with Gasteiger partial charge in [-0.25, -0.2) is 4.39 Å². The van der Waals surface area contributed by atoms with Crippen LogP contribution in [0.1, 0.15) is 50.0 Å². The largest absolute Gasteiger partial charge is 0.341 e. The second-order valence-corrected chi connectivity index (χ2v) is 8.15. The highest BCUT2D eigenvalue weighted by atomic mass is 19.1. The van der Waals surface area contributed by atoms with Crippen LogP contribution in [0.2, 0.25) is 0 Å². The normalized spacial score (nSPS) is 28.1. The van der Waals surface area contributed by atoms with Gasteiger partial charge < -0.3 is 9.80 Å². The van der Waals surface area contributed by atoms with E-state index in [9.17, 15) is 9.18 Å². The highest BCUT2D eigenvalue weighted by Gasteiger charge is 2.39. The van der Waals surface area contributed by atoms with E-state index in [0.717, 1.165) is 32.5 Å². The molecule has 3 aliphatic rings. The van der Waals surface area contributed by atoms with Crippen LogP contribution in [0.4, 0.5) is 4.39 Å². The fourth-order valence-electron chi connectivity index (χ4n) is 5.05. The number of amides is 1. The zero-order valence-electron chi connectivity index (χ0n) is 15.0. The monoisotopic (exact) mass is 344 g/mol. The summed E-state index contributed by atoms with van der Waals surface area (Å²) in [5.74, 6) is 1.24. The third-order valence-electron chi connectivity index (χ3n) is 6.45. The number of hydrogen-bond donors (Lipinski definition) is 0. The van der Waals surface area contributed by atoms with Gasteiger partial charge in [-0.05, 0) is 62.4 Å². The van der Waals surface area contributed by atoms with Crippen molar-refractivity contribution in [3.05, 3.63) is 35.6 Å². The number of halogens is 1. The van der Waals surface area contributed by atoms with E-state index < -0.39 is 0 Å². The summed E-state index contributed by atoms with van der Waals surface area (Å²) in [6.45, 7) is 5.11. The van der Waals surface area contributed by atoms with Gasteiger partial charge in [0.1, 0.15) is 5.82 Å². The first kappa shape index (κ1) is 17.0. The Balaban J connectivity index is 1.50. The summed E-state index contributed by atoms with van der Waals surface area (Å²) < 4.78 is 13.3. The van der Waals surface area contributed by atoms with Crippen molar-refractivity contribution in [2.75, 3.05) is 32.7 Å². The molecule has 1 aromatic rings. The Morgan fingerprint density at radius 1 is 1.00 bits per heavy atom. The van der Waals surface area contributed by atoms with Gasteiger partial charge in [-0.2, -0.15) is 0 Å². The first-order valence-electron chi connectivity index (χ1n) is 9.97. The SMILES string of the molecule is O=C(C1CCCC1)N1CC(CN2CCCC2)C(c2ccc(F)cc2)C1. The van der Waals surface area contributed by atoms with Crippen molar-refractivity contribution in [3.63, 3.8) is 0 Å². The number of nitrogens with zero attached hydrogens (tertiary/aromatic N) is 2. The molecule has 2 atom stereocenters. The maximum absolute atomic E-state index is 13.3. The number of carbonyl (C=O) groups is 1. The summed E-state index contributed by atoms with van der Waals surface area (Å²) >= 11 is 0. The molecule has 2 heterocycles. The molecule has 136 valence electrons. The van der Waals surface area contributed by atoms with Crippen LogP contribution in [0.5, 0.6) is 0 Å². The lowest BCUT2D eigenvalue weighted by Gasteiger charge is -2.24. The quantitative estimate of drug-likeness (QED) is 0.832. The maximum atomic E-state index is 13.3. The van der Waals surface area contributed by atoms with Crippen molar-refractivity contribution in [2.24, 2.45) is 11.8 Å². The average molecular weight is 344 g/mol. The Kier molecular flexibility index (Phi) is 5.07. The van der Waals surface area contributed by atoms with Crippen molar-refractivity contribution in [1.29, 1.82) is 0 Å². The van der Waals surface area contributed by atoms with E-state index >= 15 is 0 Å². The van der Waals surface area contributed by atoms with E-state index in [2.05, 4.69) is 9.80 Å². The predicted molar refractivity (Wildman–Crippen MR) is 96.8 cm³/mol. The fraction of sp³-hybridized carbons (Fsp3) is 0.667. The Morgan fingerprint density at radius 3 is 2.36 bits per heavy atom. The van der Waals surface area contributed by atoms with Crippen molar-refractivity contribution in [2.45, 2.75) is 44.4 Å². The van der Waals surface area contributed by atoms with Gasteiger partial charge in [-0.3, -0.25) is 4.79 Å². The molecule has 0 aromatic heterocycles. The average Bonchev–Trinajstić information content (AvgIpc) is 3.37. The highest BCUT2D eigenvalue weighted by Crippen LogP contribution is 2.36. The maximum Gasteiger partial charge on any atom is 0.225 e. The Labute approximate surface area is 150 Å². The van der Waals surface area contributed by atoms with Gasteiger partial charge in [-0.1, -0.05) is 25.0 Å². The van der Waals surface area contributed by atoms with Crippen LogP contribution in [0.3, 0.4) is 0 Å². The lowest BCUT2D eigenvalue weighted by Crippen LogP contribution is -2.35. The van der Waals surface area contributed by atoms with E-state index in [1.807, 2.05) is 12.1 Å². The molecular weight excluding hydrogens is 315 g/mol. The molecule has 2 aliphatic heterocycles. The molecule has 4 rings (SSSR count). The van der Waals surface area contributed by atoms with Crippen LogP contribution in [-0.2, 0) is 4.79 Å². The number of hydrogen-bond acceptors (Lipinski definition) is 2. The highest BCUT2D eigenvalue weighted by molar-refractivity contribution is 5.79. The van der Waals surface area contributed by atoms with Gasteiger partial charge in [0.25, 0.3) is 0 Å². The van der Waals surface area contributed by atoms with Crippen molar-refractivity contribution in [1.82, 2.24) is 9.80 Å². The molecule has 4 heteroatoms. The smallest absolute Gasteiger partial charge is 0.225 e. The first-order chi connectivity index (χ1) is 12.2. The number of likely N-dealkylation sites (tertiary alicyclic amines) is 2. The number of carbonyl (C=O) groups excluding carboxylic acids is 1. The molecule has 0 N–H and O–H groups in total. The topological polar surface area (TPSA) is 23.6 Å². The van der Waals surface area contributed by atoms with Crippen molar-refractivity contribution < 1.29 is 9.18 Å². The van der Waals surface area contributed by atoms with Crippen LogP contribution in [0, 0.1) is 17.7 Å². The lowest BCUT2D eigenvalue weighted by atomic mass is 9.88. The third kappa shape index (κ3) is 3.74. The minimum atomic E-state index is -0.184. The fourth-order valence-corrected chi connectivity index (χ4v) is 5.05. The Bertz CT molecular complexity index is 590. The van der Waals surface area contributed by atoms with Crippen molar-refractivity contribution >= 4 is 5.91 Å². The minimum Gasteiger partial charge on any atom is -0.341 e. The number of rotatable bonds is 4. The molecule has 1 amide bonds. The van der Waals surface area contributed by atoms with Gasteiger partial charge in [0.05, 0.1) is 0 Å². The summed E-state index contributed by atoms with van der Waals surface area (Å²) in [7, 11) is 0. The molecule has 0 bridgehead atoms. The van der Waals surface area contributed by atoms with Crippen LogP contribution in [-0.4, -0.2) is 48.4 Å². The van der Waals surface area contributed by atoms with Gasteiger partial charge in [-0.15, -0.1) is 0 Å². The minimum absolute atomic E-state index is 0.184. The van der Waals surface area contributed by atoms with Gasteiger partial charge in [0.2, 0.25) is 5.91 Å². The molecule has 2 saturated heterocycles. The van der Waals surface area contributed by atoms with Gasteiger partial charge in [0.15, 0.2) is 0 Å². The van der Waals surface area contributed by atoms with Crippen LogP contribution in [0.25, 0.3) is 0 Å². The van der Waals surface area contributed by atoms with E-state index in [0.29, 0.717) is 17.7 Å². The summed E-state index contributed by atoms with van der Waals surface area (Å²) in [5, 5.41) is 0. The van der Waals surface area contributed by atoms with Crippen molar-refractivity contribution in [3.8, 4) is 0 Å².